The average molecular weight is 363 g/mol. The summed E-state index contributed by atoms with van der Waals surface area (Å²) in [6, 6.07) is 13.3. The number of aromatic carboxylic acids is 1. The Labute approximate surface area is 158 Å². The number of nitrogens with one attached hydrogen (secondary N) is 1. The Morgan fingerprint density at radius 2 is 1.85 bits per heavy atom. The van der Waals surface area contributed by atoms with Gasteiger partial charge < -0.3 is 15.2 Å². The zero-order chi connectivity index (χ0) is 19.6. The summed E-state index contributed by atoms with van der Waals surface area (Å²) in [5, 5.41) is 11.7. The lowest BCUT2D eigenvalue weighted by Gasteiger charge is -2.12. The number of rotatable bonds is 8. The number of para-hydroxylation sites is 1. The summed E-state index contributed by atoms with van der Waals surface area (Å²) in [7, 11) is 0. The minimum Gasteiger partial charge on any atom is -0.488 e. The number of allylic oxidation sites excluding steroid dienone is 4. The quantitative estimate of drug-likeness (QED) is 0.684. The summed E-state index contributed by atoms with van der Waals surface area (Å²) < 4.78 is 5.77. The predicted molar refractivity (Wildman–Crippen MR) is 105 cm³/mol. The Hall–Kier alpha value is -3.60. The van der Waals surface area contributed by atoms with Crippen molar-refractivity contribution in [3.05, 3.63) is 102 Å². The van der Waals surface area contributed by atoms with Crippen LogP contribution >= 0.6 is 0 Å². The third-order valence-corrected chi connectivity index (χ3v) is 3.67. The molecule has 0 atom stereocenters. The van der Waals surface area contributed by atoms with Crippen molar-refractivity contribution in [2.45, 2.75) is 13.5 Å². The van der Waals surface area contributed by atoms with Crippen LogP contribution < -0.4 is 10.1 Å². The lowest BCUT2D eigenvalue weighted by Crippen LogP contribution is -2.22. The lowest BCUT2D eigenvalue weighted by molar-refractivity contribution is 0.0696. The molecule has 5 heteroatoms. The van der Waals surface area contributed by atoms with Crippen LogP contribution in [0.4, 0.5) is 0 Å². The molecule has 0 saturated carbocycles. The Morgan fingerprint density at radius 1 is 1.15 bits per heavy atom. The predicted octanol–water partition coefficient (Wildman–Crippen LogP) is 4.34. The molecule has 0 spiro atoms. The second-order valence-corrected chi connectivity index (χ2v) is 5.59. The van der Waals surface area contributed by atoms with Gasteiger partial charge in [-0.15, -0.1) is 0 Å². The SMILES string of the molecule is C=C/C(=C\C=C/C)NC(=O)c1ccccc1OCc1ccc(C(=O)O)cc1. The summed E-state index contributed by atoms with van der Waals surface area (Å²) in [4.78, 5) is 23.5. The highest BCUT2D eigenvalue weighted by Gasteiger charge is 2.13. The van der Waals surface area contributed by atoms with E-state index in [1.165, 1.54) is 12.1 Å². The molecule has 2 aromatic carbocycles. The van der Waals surface area contributed by atoms with Gasteiger partial charge in [-0.25, -0.2) is 4.79 Å². The highest BCUT2D eigenvalue weighted by Crippen LogP contribution is 2.20. The summed E-state index contributed by atoms with van der Waals surface area (Å²) in [5.41, 5.74) is 1.99. The molecule has 0 aliphatic rings. The number of hydrogen-bond acceptors (Lipinski definition) is 3. The van der Waals surface area contributed by atoms with Gasteiger partial charge in [-0.3, -0.25) is 4.79 Å². The minimum atomic E-state index is -0.978. The van der Waals surface area contributed by atoms with E-state index in [9.17, 15) is 9.59 Å². The van der Waals surface area contributed by atoms with Gasteiger partial charge in [0, 0.05) is 5.70 Å². The molecule has 1 amide bonds. The van der Waals surface area contributed by atoms with E-state index in [2.05, 4.69) is 11.9 Å². The topological polar surface area (TPSA) is 75.6 Å². The van der Waals surface area contributed by atoms with E-state index in [-0.39, 0.29) is 18.1 Å². The molecular formula is C22H21NO4. The number of carbonyl (C=O) groups excluding carboxylic acids is 1. The van der Waals surface area contributed by atoms with Crippen LogP contribution in [0.15, 0.2) is 85.1 Å². The van der Waals surface area contributed by atoms with Crippen LogP contribution in [0.25, 0.3) is 0 Å². The second kappa shape index (κ2) is 9.77. The highest BCUT2D eigenvalue weighted by molar-refractivity contribution is 5.98. The van der Waals surface area contributed by atoms with Gasteiger partial charge in [0.25, 0.3) is 5.91 Å². The fourth-order valence-electron chi connectivity index (χ4n) is 2.24. The maximum absolute atomic E-state index is 12.6. The number of amides is 1. The maximum atomic E-state index is 12.6. The van der Waals surface area contributed by atoms with Crippen LogP contribution in [0.2, 0.25) is 0 Å². The average Bonchev–Trinajstić information content (AvgIpc) is 2.69. The fraction of sp³-hybridized carbons (Fsp3) is 0.0909. The van der Waals surface area contributed by atoms with Gasteiger partial charge in [0.1, 0.15) is 12.4 Å². The Balaban J connectivity index is 2.11. The van der Waals surface area contributed by atoms with Crippen LogP contribution in [0.1, 0.15) is 33.2 Å². The molecule has 5 nitrogen and oxygen atoms in total. The molecule has 0 bridgehead atoms. The van der Waals surface area contributed by atoms with Gasteiger partial charge in [0.15, 0.2) is 0 Å². The molecule has 0 heterocycles. The normalized spacial score (nSPS) is 11.2. The van der Waals surface area contributed by atoms with Crippen molar-refractivity contribution in [3.63, 3.8) is 0 Å². The van der Waals surface area contributed by atoms with Crippen molar-refractivity contribution in [2.24, 2.45) is 0 Å². The van der Waals surface area contributed by atoms with E-state index in [0.29, 0.717) is 17.0 Å². The molecule has 2 N–H and O–H groups in total. The monoisotopic (exact) mass is 363 g/mol. The van der Waals surface area contributed by atoms with Crippen molar-refractivity contribution in [2.75, 3.05) is 0 Å². The van der Waals surface area contributed by atoms with Crippen molar-refractivity contribution in [1.82, 2.24) is 5.32 Å². The number of hydrogen-bond donors (Lipinski definition) is 2. The molecule has 0 unspecified atom stereocenters. The van der Waals surface area contributed by atoms with E-state index in [0.717, 1.165) is 5.56 Å². The Morgan fingerprint density at radius 3 is 2.48 bits per heavy atom. The van der Waals surface area contributed by atoms with E-state index >= 15 is 0 Å². The van der Waals surface area contributed by atoms with Crippen LogP contribution in [0.3, 0.4) is 0 Å². The number of carboxylic acids is 1. The Bertz CT molecular complexity index is 879. The van der Waals surface area contributed by atoms with Crippen LogP contribution in [-0.2, 0) is 6.61 Å². The molecule has 2 aromatic rings. The van der Waals surface area contributed by atoms with Gasteiger partial charge in [-0.05, 0) is 48.9 Å². The molecule has 2 rings (SSSR count). The van der Waals surface area contributed by atoms with Crippen LogP contribution in [0.5, 0.6) is 5.75 Å². The minimum absolute atomic E-state index is 0.211. The molecule has 0 saturated heterocycles. The molecule has 0 radical (unpaired) electrons. The van der Waals surface area contributed by atoms with Crippen molar-refractivity contribution in [1.29, 1.82) is 0 Å². The summed E-state index contributed by atoms with van der Waals surface area (Å²) in [6.07, 6.45) is 6.96. The second-order valence-electron chi connectivity index (χ2n) is 5.59. The van der Waals surface area contributed by atoms with Gasteiger partial charge in [0.05, 0.1) is 11.1 Å². The fourth-order valence-corrected chi connectivity index (χ4v) is 2.24. The van der Waals surface area contributed by atoms with E-state index < -0.39 is 5.97 Å². The summed E-state index contributed by atoms with van der Waals surface area (Å²) >= 11 is 0. The number of ether oxygens (including phenoxy) is 1. The highest BCUT2D eigenvalue weighted by atomic mass is 16.5. The molecule has 27 heavy (non-hydrogen) atoms. The first-order valence-electron chi connectivity index (χ1n) is 8.36. The molecular weight excluding hydrogens is 342 g/mol. The zero-order valence-electron chi connectivity index (χ0n) is 15.0. The van der Waals surface area contributed by atoms with Gasteiger partial charge in [-0.1, -0.05) is 43.0 Å². The van der Waals surface area contributed by atoms with Crippen molar-refractivity contribution >= 4 is 11.9 Å². The van der Waals surface area contributed by atoms with E-state index in [1.807, 2.05) is 13.0 Å². The third-order valence-electron chi connectivity index (χ3n) is 3.67. The van der Waals surface area contributed by atoms with Gasteiger partial charge in [0.2, 0.25) is 0 Å². The van der Waals surface area contributed by atoms with Crippen molar-refractivity contribution in [3.8, 4) is 5.75 Å². The van der Waals surface area contributed by atoms with E-state index in [4.69, 9.17) is 9.84 Å². The molecule has 0 aromatic heterocycles. The van der Waals surface area contributed by atoms with Crippen molar-refractivity contribution < 1.29 is 19.4 Å². The van der Waals surface area contributed by atoms with Crippen LogP contribution in [-0.4, -0.2) is 17.0 Å². The Kier molecular flexibility index (Phi) is 7.14. The number of benzene rings is 2. The van der Waals surface area contributed by atoms with Gasteiger partial charge in [-0.2, -0.15) is 0 Å². The standard InChI is InChI=1S/C22H21NO4/c1-3-5-8-18(4-2)23-21(24)19-9-6-7-10-20(19)27-15-16-11-13-17(14-12-16)22(25)26/h3-14H,2,15H2,1H3,(H,23,24)(H,25,26)/b5-3-,18-8+. The first-order valence-corrected chi connectivity index (χ1v) is 8.36. The largest absolute Gasteiger partial charge is 0.488 e. The van der Waals surface area contributed by atoms with E-state index in [1.54, 1.807) is 54.6 Å². The van der Waals surface area contributed by atoms with Crippen LogP contribution in [0, 0.1) is 0 Å². The first kappa shape index (κ1) is 19.7. The molecule has 0 aliphatic carbocycles. The smallest absolute Gasteiger partial charge is 0.335 e. The molecule has 0 fully saturated rings. The van der Waals surface area contributed by atoms with Gasteiger partial charge >= 0.3 is 5.97 Å². The lowest BCUT2D eigenvalue weighted by atomic mass is 10.1. The summed E-state index contributed by atoms with van der Waals surface area (Å²) in [6.45, 7) is 5.78. The zero-order valence-corrected chi connectivity index (χ0v) is 15.0. The maximum Gasteiger partial charge on any atom is 0.335 e. The molecule has 138 valence electrons. The third kappa shape index (κ3) is 5.71. The first-order chi connectivity index (χ1) is 13.0. The summed E-state index contributed by atoms with van der Waals surface area (Å²) in [5.74, 6) is -0.845. The molecule has 0 aliphatic heterocycles. The number of carboxylic acid groups (broad SMARTS) is 1. The number of carbonyl (C=O) groups is 2.